The second kappa shape index (κ2) is 5.03. The number of aliphatic hydroxyl groups is 1. The van der Waals surface area contributed by atoms with Gasteiger partial charge in [0.1, 0.15) is 17.7 Å². The zero-order valence-electron chi connectivity index (χ0n) is 11.6. The van der Waals surface area contributed by atoms with Gasteiger partial charge in [0.25, 0.3) is 0 Å². The molecule has 7 heteroatoms. The molecule has 0 amide bonds. The lowest BCUT2D eigenvalue weighted by Gasteiger charge is -2.25. The van der Waals surface area contributed by atoms with E-state index in [2.05, 4.69) is 19.9 Å². The van der Waals surface area contributed by atoms with Crippen LogP contribution in [0.25, 0.3) is 11.2 Å². The van der Waals surface area contributed by atoms with Crippen LogP contribution in [0.3, 0.4) is 0 Å². The van der Waals surface area contributed by atoms with E-state index in [0.29, 0.717) is 24.4 Å². The van der Waals surface area contributed by atoms with Crippen molar-refractivity contribution in [3.05, 3.63) is 48.3 Å². The van der Waals surface area contributed by atoms with Crippen molar-refractivity contribution in [3.63, 3.8) is 0 Å². The summed E-state index contributed by atoms with van der Waals surface area (Å²) in [5.41, 5.74) is 2.12. The van der Waals surface area contributed by atoms with E-state index < -0.39 is 6.10 Å². The molecule has 1 aliphatic rings. The Kier molecular flexibility index (Phi) is 3.00. The van der Waals surface area contributed by atoms with E-state index >= 15 is 0 Å². The maximum absolute atomic E-state index is 13.5. The number of hydrogen-bond donors (Lipinski definition) is 2. The third kappa shape index (κ3) is 2.10. The largest absolute Gasteiger partial charge is 0.391 e. The Bertz CT molecular complexity index is 820. The molecule has 4 rings (SSSR count). The minimum atomic E-state index is -0.485. The molecule has 0 saturated carbocycles. The van der Waals surface area contributed by atoms with Crippen LogP contribution in [0.4, 0.5) is 10.2 Å². The quantitative estimate of drug-likeness (QED) is 0.754. The lowest BCUT2D eigenvalue weighted by Crippen LogP contribution is -2.25. The van der Waals surface area contributed by atoms with Gasteiger partial charge < -0.3 is 15.0 Å². The summed E-state index contributed by atoms with van der Waals surface area (Å²) in [6, 6.07) is 6.33. The summed E-state index contributed by atoms with van der Waals surface area (Å²) in [7, 11) is 0. The van der Waals surface area contributed by atoms with Crippen LogP contribution in [-0.2, 0) is 0 Å². The number of nitrogens with one attached hydrogen (secondary N) is 1. The predicted molar refractivity (Wildman–Crippen MR) is 78.8 cm³/mol. The molecule has 1 aromatic carbocycles. The number of aromatic nitrogens is 4. The Morgan fingerprint density at radius 3 is 3.05 bits per heavy atom. The summed E-state index contributed by atoms with van der Waals surface area (Å²) in [6.07, 6.45) is 3.06. The maximum Gasteiger partial charge on any atom is 0.182 e. The number of H-pyrrole nitrogens is 1. The fraction of sp³-hybridized carbons (Fsp3) is 0.267. The molecule has 2 atom stereocenters. The highest BCUT2D eigenvalue weighted by molar-refractivity contribution is 5.83. The Morgan fingerprint density at radius 1 is 1.27 bits per heavy atom. The average Bonchev–Trinajstić information content (AvgIpc) is 3.13. The summed E-state index contributed by atoms with van der Waals surface area (Å²) < 4.78 is 13.5. The minimum Gasteiger partial charge on any atom is -0.391 e. The number of anilines is 1. The molecular formula is C15H14FN5O. The first-order valence-corrected chi connectivity index (χ1v) is 7.06. The number of rotatable bonds is 2. The third-order valence-electron chi connectivity index (χ3n) is 3.99. The number of fused-ring (bicyclic) bond motifs is 1. The van der Waals surface area contributed by atoms with Crippen LogP contribution < -0.4 is 4.90 Å². The fourth-order valence-electron chi connectivity index (χ4n) is 3.05. The van der Waals surface area contributed by atoms with Crippen LogP contribution in [0.15, 0.2) is 36.9 Å². The van der Waals surface area contributed by atoms with Crippen LogP contribution in [0.1, 0.15) is 18.0 Å². The summed E-state index contributed by atoms with van der Waals surface area (Å²) in [5, 5.41) is 10.1. The first kappa shape index (κ1) is 13.1. The SMILES string of the molecule is O[C@@H]1C[C@@H](c2cccc(F)c2)N(c2ncnc3nc[nH]c23)C1. The van der Waals surface area contributed by atoms with E-state index in [1.54, 1.807) is 12.4 Å². The van der Waals surface area contributed by atoms with E-state index in [-0.39, 0.29) is 11.9 Å². The molecule has 3 heterocycles. The van der Waals surface area contributed by atoms with Crippen molar-refractivity contribution in [2.75, 3.05) is 11.4 Å². The molecule has 0 radical (unpaired) electrons. The van der Waals surface area contributed by atoms with E-state index in [4.69, 9.17) is 0 Å². The van der Waals surface area contributed by atoms with Gasteiger partial charge in [0.15, 0.2) is 11.5 Å². The van der Waals surface area contributed by atoms with Crippen LogP contribution >= 0.6 is 0 Å². The van der Waals surface area contributed by atoms with Crippen LogP contribution in [-0.4, -0.2) is 37.7 Å². The molecule has 2 aromatic heterocycles. The molecule has 0 aliphatic carbocycles. The second-order valence-corrected chi connectivity index (χ2v) is 5.41. The van der Waals surface area contributed by atoms with Crippen molar-refractivity contribution < 1.29 is 9.50 Å². The van der Waals surface area contributed by atoms with E-state index in [0.717, 1.165) is 11.1 Å². The van der Waals surface area contributed by atoms with Crippen molar-refractivity contribution in [2.24, 2.45) is 0 Å². The van der Waals surface area contributed by atoms with Gasteiger partial charge in [-0.25, -0.2) is 19.3 Å². The number of nitrogens with zero attached hydrogens (tertiary/aromatic N) is 4. The Labute approximate surface area is 125 Å². The van der Waals surface area contributed by atoms with Gasteiger partial charge in [-0.2, -0.15) is 0 Å². The van der Waals surface area contributed by atoms with E-state index in [1.807, 2.05) is 11.0 Å². The predicted octanol–water partition coefficient (Wildman–Crippen LogP) is 1.80. The number of benzene rings is 1. The monoisotopic (exact) mass is 299 g/mol. The van der Waals surface area contributed by atoms with Crippen molar-refractivity contribution in [2.45, 2.75) is 18.6 Å². The zero-order valence-corrected chi connectivity index (χ0v) is 11.6. The average molecular weight is 299 g/mol. The van der Waals surface area contributed by atoms with Gasteiger partial charge in [0, 0.05) is 6.54 Å². The molecule has 3 aromatic rings. The molecule has 22 heavy (non-hydrogen) atoms. The Hall–Kier alpha value is -2.54. The molecule has 112 valence electrons. The highest BCUT2D eigenvalue weighted by atomic mass is 19.1. The molecule has 1 saturated heterocycles. The molecule has 2 N–H and O–H groups in total. The molecular weight excluding hydrogens is 285 g/mol. The van der Waals surface area contributed by atoms with Crippen LogP contribution in [0, 0.1) is 5.82 Å². The molecule has 0 unspecified atom stereocenters. The van der Waals surface area contributed by atoms with Gasteiger partial charge in [-0.3, -0.25) is 0 Å². The normalized spacial score (nSPS) is 21.6. The highest BCUT2D eigenvalue weighted by Crippen LogP contribution is 2.37. The maximum atomic E-state index is 13.5. The van der Waals surface area contributed by atoms with E-state index in [9.17, 15) is 9.50 Å². The van der Waals surface area contributed by atoms with E-state index in [1.165, 1.54) is 18.5 Å². The first-order valence-electron chi connectivity index (χ1n) is 7.06. The van der Waals surface area contributed by atoms with Crippen molar-refractivity contribution >= 4 is 17.0 Å². The van der Waals surface area contributed by atoms with Crippen LogP contribution in [0.5, 0.6) is 0 Å². The van der Waals surface area contributed by atoms with Gasteiger partial charge >= 0.3 is 0 Å². The molecule has 1 fully saturated rings. The molecule has 0 bridgehead atoms. The number of aromatic amines is 1. The lowest BCUT2D eigenvalue weighted by molar-refractivity contribution is 0.194. The number of imidazole rings is 1. The Morgan fingerprint density at radius 2 is 2.18 bits per heavy atom. The molecule has 6 nitrogen and oxygen atoms in total. The fourth-order valence-corrected chi connectivity index (χ4v) is 3.05. The Balaban J connectivity index is 1.80. The van der Waals surface area contributed by atoms with Gasteiger partial charge in [-0.05, 0) is 24.1 Å². The van der Waals surface area contributed by atoms with Gasteiger partial charge in [0.05, 0.1) is 18.5 Å². The van der Waals surface area contributed by atoms with Gasteiger partial charge in [0.2, 0.25) is 0 Å². The third-order valence-corrected chi connectivity index (χ3v) is 3.99. The number of halogens is 1. The summed E-state index contributed by atoms with van der Waals surface area (Å²) in [5.74, 6) is 0.390. The van der Waals surface area contributed by atoms with Crippen LogP contribution in [0.2, 0.25) is 0 Å². The number of hydrogen-bond acceptors (Lipinski definition) is 5. The topological polar surface area (TPSA) is 77.9 Å². The standard InChI is InChI=1S/C15H14FN5O/c16-10-3-1-2-9(4-10)12-5-11(22)6-21(12)15-13-14(18-7-17-13)19-8-20-15/h1-4,7-8,11-12,22H,5-6H2,(H,17,18,19,20)/t11-,12+/m1/s1. The lowest BCUT2D eigenvalue weighted by atomic mass is 10.0. The first-order chi connectivity index (χ1) is 10.7. The van der Waals surface area contributed by atoms with Crippen molar-refractivity contribution in [3.8, 4) is 0 Å². The number of β-amino-alcohol motifs (C(OH)–C–C–N with tert-alkyl or cyclic N) is 1. The minimum absolute atomic E-state index is 0.132. The van der Waals surface area contributed by atoms with Gasteiger partial charge in [-0.15, -0.1) is 0 Å². The summed E-state index contributed by atoms with van der Waals surface area (Å²) in [6.45, 7) is 0.437. The molecule has 0 spiro atoms. The smallest absolute Gasteiger partial charge is 0.182 e. The zero-order chi connectivity index (χ0) is 15.1. The highest BCUT2D eigenvalue weighted by Gasteiger charge is 2.34. The van der Waals surface area contributed by atoms with Gasteiger partial charge in [-0.1, -0.05) is 12.1 Å². The second-order valence-electron chi connectivity index (χ2n) is 5.41. The number of aliphatic hydroxyl groups excluding tert-OH is 1. The van der Waals surface area contributed by atoms with Crippen molar-refractivity contribution in [1.82, 2.24) is 19.9 Å². The summed E-state index contributed by atoms with van der Waals surface area (Å²) in [4.78, 5) is 17.6. The molecule has 1 aliphatic heterocycles. The summed E-state index contributed by atoms with van der Waals surface area (Å²) >= 11 is 0. The van der Waals surface area contributed by atoms with Crippen molar-refractivity contribution in [1.29, 1.82) is 0 Å².